The Balaban J connectivity index is 1.22. The lowest BCUT2D eigenvalue weighted by Gasteiger charge is -2.33. The van der Waals surface area contributed by atoms with Crippen LogP contribution in [0.15, 0.2) is 55.0 Å². The van der Waals surface area contributed by atoms with Crippen LogP contribution < -0.4 is 15.0 Å². The van der Waals surface area contributed by atoms with Gasteiger partial charge in [0.15, 0.2) is 0 Å². The second-order valence-electron chi connectivity index (χ2n) is 9.08. The fourth-order valence-corrected chi connectivity index (χ4v) is 4.20. The van der Waals surface area contributed by atoms with E-state index in [4.69, 9.17) is 14.5 Å². The lowest BCUT2D eigenvalue weighted by Crippen LogP contribution is -2.44. The van der Waals surface area contributed by atoms with Crippen LogP contribution in [0.1, 0.15) is 18.4 Å². The Morgan fingerprint density at radius 1 is 1.06 bits per heavy atom. The maximum atomic E-state index is 6.10. The van der Waals surface area contributed by atoms with Crippen molar-refractivity contribution in [1.82, 2.24) is 19.9 Å². The van der Waals surface area contributed by atoms with Crippen molar-refractivity contribution < 1.29 is 9.47 Å². The van der Waals surface area contributed by atoms with Crippen LogP contribution in [0.5, 0.6) is 5.75 Å². The van der Waals surface area contributed by atoms with Crippen LogP contribution in [0.25, 0.3) is 11.3 Å². The number of likely N-dealkylation sites (N-methyl/N-ethyl adjacent to an activating group) is 1. The highest BCUT2D eigenvalue weighted by atomic mass is 16.6. The highest BCUT2D eigenvalue weighted by molar-refractivity contribution is 5.62. The van der Waals surface area contributed by atoms with E-state index in [1.807, 2.05) is 24.4 Å². The van der Waals surface area contributed by atoms with Crippen LogP contribution in [0, 0.1) is 0 Å². The lowest BCUT2D eigenvalue weighted by atomic mass is 10.00. The van der Waals surface area contributed by atoms with Gasteiger partial charge in [-0.1, -0.05) is 25.1 Å². The standard InChI is InChI=1S/C26H32N6O2/c1-19(22-5-3-4-6-24(22)34-21-16-33-17-21)14-27-25-13-23(29-18-30-25)20-7-8-26(28-15-20)32-11-9-31(2)10-12-32/h3-8,13,15,18-19,21H,9-12,14,16-17H2,1-2H3,(H,27,29,30). The van der Waals surface area contributed by atoms with Crippen molar-refractivity contribution >= 4 is 11.6 Å². The van der Waals surface area contributed by atoms with Gasteiger partial charge in [-0.15, -0.1) is 0 Å². The summed E-state index contributed by atoms with van der Waals surface area (Å²) in [5, 5.41) is 3.46. The van der Waals surface area contributed by atoms with E-state index in [1.165, 1.54) is 5.56 Å². The van der Waals surface area contributed by atoms with Gasteiger partial charge in [0.05, 0.1) is 18.9 Å². The minimum atomic E-state index is 0.155. The van der Waals surface area contributed by atoms with Crippen molar-refractivity contribution in [3.63, 3.8) is 0 Å². The van der Waals surface area contributed by atoms with Gasteiger partial charge in [0.25, 0.3) is 0 Å². The molecule has 0 bridgehead atoms. The van der Waals surface area contributed by atoms with Gasteiger partial charge in [0.2, 0.25) is 0 Å². The number of para-hydroxylation sites is 1. The first kappa shape index (κ1) is 22.6. The number of piperazine rings is 1. The van der Waals surface area contributed by atoms with Gasteiger partial charge in [0.1, 0.15) is 29.8 Å². The molecule has 0 aliphatic carbocycles. The predicted octanol–water partition coefficient (Wildman–Crippen LogP) is 3.28. The number of anilines is 2. The van der Waals surface area contributed by atoms with Crippen LogP contribution in [0.3, 0.4) is 0 Å². The molecule has 178 valence electrons. The first-order chi connectivity index (χ1) is 16.7. The summed E-state index contributed by atoms with van der Waals surface area (Å²) >= 11 is 0. The average molecular weight is 461 g/mol. The molecule has 2 fully saturated rings. The van der Waals surface area contributed by atoms with Crippen LogP contribution in [-0.2, 0) is 4.74 Å². The molecule has 0 spiro atoms. The number of benzene rings is 1. The van der Waals surface area contributed by atoms with E-state index in [-0.39, 0.29) is 12.0 Å². The Hall–Kier alpha value is -3.23. The molecule has 3 aromatic rings. The molecule has 1 unspecified atom stereocenters. The Kier molecular flexibility index (Phi) is 6.87. The van der Waals surface area contributed by atoms with Crippen molar-refractivity contribution in [2.75, 3.05) is 63.2 Å². The molecule has 5 rings (SSSR count). The Morgan fingerprint density at radius 3 is 2.62 bits per heavy atom. The molecule has 1 atom stereocenters. The van der Waals surface area contributed by atoms with Crippen LogP contribution in [0.4, 0.5) is 11.6 Å². The molecule has 34 heavy (non-hydrogen) atoms. The molecule has 2 aliphatic heterocycles. The average Bonchev–Trinajstić information content (AvgIpc) is 2.86. The topological polar surface area (TPSA) is 75.6 Å². The molecule has 8 nitrogen and oxygen atoms in total. The van der Waals surface area contributed by atoms with Gasteiger partial charge < -0.3 is 24.6 Å². The smallest absolute Gasteiger partial charge is 0.145 e. The minimum Gasteiger partial charge on any atom is -0.485 e. The predicted molar refractivity (Wildman–Crippen MR) is 134 cm³/mol. The van der Waals surface area contributed by atoms with E-state index < -0.39 is 0 Å². The molecule has 4 heterocycles. The number of nitrogens with one attached hydrogen (secondary N) is 1. The van der Waals surface area contributed by atoms with E-state index in [0.29, 0.717) is 13.2 Å². The highest BCUT2D eigenvalue weighted by Crippen LogP contribution is 2.29. The van der Waals surface area contributed by atoms with E-state index in [0.717, 1.165) is 61.4 Å². The molecular weight excluding hydrogens is 428 g/mol. The van der Waals surface area contributed by atoms with Crippen LogP contribution in [-0.4, -0.2) is 78.9 Å². The van der Waals surface area contributed by atoms with Gasteiger partial charge in [-0.3, -0.25) is 0 Å². The summed E-state index contributed by atoms with van der Waals surface area (Å²) in [5.74, 6) is 3.00. The van der Waals surface area contributed by atoms with Gasteiger partial charge in [-0.25, -0.2) is 15.0 Å². The second kappa shape index (κ2) is 10.4. The van der Waals surface area contributed by atoms with Crippen LogP contribution >= 0.6 is 0 Å². The van der Waals surface area contributed by atoms with Crippen molar-refractivity contribution in [2.45, 2.75) is 18.9 Å². The molecule has 2 aromatic heterocycles. The Bertz CT molecular complexity index is 1080. The normalized spacial score (nSPS) is 17.8. The number of nitrogens with zero attached hydrogens (tertiary/aromatic N) is 5. The molecule has 1 aromatic carbocycles. The van der Waals surface area contributed by atoms with Gasteiger partial charge in [0, 0.05) is 56.5 Å². The maximum absolute atomic E-state index is 6.10. The summed E-state index contributed by atoms with van der Waals surface area (Å²) in [7, 11) is 2.16. The molecule has 0 amide bonds. The number of rotatable bonds is 8. The van der Waals surface area contributed by atoms with Crippen molar-refractivity contribution in [3.8, 4) is 17.0 Å². The van der Waals surface area contributed by atoms with Crippen LogP contribution in [0.2, 0.25) is 0 Å². The number of aromatic nitrogens is 3. The molecular formula is C26H32N6O2. The summed E-state index contributed by atoms with van der Waals surface area (Å²) in [5.41, 5.74) is 3.02. The molecule has 8 heteroatoms. The zero-order valence-electron chi connectivity index (χ0n) is 19.9. The molecule has 0 saturated carbocycles. The van der Waals surface area contributed by atoms with Gasteiger partial charge >= 0.3 is 0 Å². The molecule has 0 radical (unpaired) electrons. The van der Waals surface area contributed by atoms with E-state index >= 15 is 0 Å². The molecule has 2 saturated heterocycles. The summed E-state index contributed by atoms with van der Waals surface area (Å²) in [6.45, 7) is 8.39. The zero-order valence-corrected chi connectivity index (χ0v) is 19.9. The molecule has 2 aliphatic rings. The summed E-state index contributed by atoms with van der Waals surface area (Å²) in [6.07, 6.45) is 3.66. The van der Waals surface area contributed by atoms with Crippen molar-refractivity contribution in [2.24, 2.45) is 0 Å². The van der Waals surface area contributed by atoms with Gasteiger partial charge in [-0.05, 0) is 30.8 Å². The quantitative estimate of drug-likeness (QED) is 0.549. The number of hydrogen-bond acceptors (Lipinski definition) is 8. The van der Waals surface area contributed by atoms with E-state index in [1.54, 1.807) is 6.33 Å². The van der Waals surface area contributed by atoms with E-state index in [9.17, 15) is 0 Å². The third kappa shape index (κ3) is 5.29. The maximum Gasteiger partial charge on any atom is 0.145 e. The van der Waals surface area contributed by atoms with Crippen molar-refractivity contribution in [1.29, 1.82) is 0 Å². The first-order valence-corrected chi connectivity index (χ1v) is 11.9. The second-order valence-corrected chi connectivity index (χ2v) is 9.08. The Morgan fingerprint density at radius 2 is 1.88 bits per heavy atom. The SMILES string of the molecule is CC(CNc1cc(-c2ccc(N3CCN(C)CC3)nc2)ncn1)c1ccccc1OC1COC1. The zero-order chi connectivity index (χ0) is 23.3. The summed E-state index contributed by atoms with van der Waals surface area (Å²) in [6, 6.07) is 14.4. The third-order valence-corrected chi connectivity index (χ3v) is 6.48. The monoisotopic (exact) mass is 460 g/mol. The first-order valence-electron chi connectivity index (χ1n) is 11.9. The van der Waals surface area contributed by atoms with Gasteiger partial charge in [-0.2, -0.15) is 0 Å². The highest BCUT2D eigenvalue weighted by Gasteiger charge is 2.22. The number of pyridine rings is 1. The minimum absolute atomic E-state index is 0.155. The summed E-state index contributed by atoms with van der Waals surface area (Å²) in [4.78, 5) is 18.3. The number of ether oxygens (including phenoxy) is 2. The summed E-state index contributed by atoms with van der Waals surface area (Å²) < 4.78 is 11.3. The number of hydrogen-bond donors (Lipinski definition) is 1. The fraction of sp³-hybridized carbons (Fsp3) is 0.423. The molecule has 1 N–H and O–H groups in total. The third-order valence-electron chi connectivity index (χ3n) is 6.48. The lowest BCUT2D eigenvalue weighted by molar-refractivity contribution is -0.0800. The van der Waals surface area contributed by atoms with Crippen molar-refractivity contribution in [3.05, 3.63) is 60.6 Å². The Labute approximate surface area is 201 Å². The fourth-order valence-electron chi connectivity index (χ4n) is 4.20. The largest absolute Gasteiger partial charge is 0.485 e. The van der Waals surface area contributed by atoms with E-state index in [2.05, 4.69) is 63.3 Å².